The number of hydrogen-bond acceptors (Lipinski definition) is 4. The fourth-order valence-corrected chi connectivity index (χ4v) is 2.64. The minimum atomic E-state index is -0.364. The second kappa shape index (κ2) is 7.98. The lowest BCUT2D eigenvalue weighted by Crippen LogP contribution is -2.37. The Kier molecular flexibility index (Phi) is 6.62. The van der Waals surface area contributed by atoms with Gasteiger partial charge in [-0.15, -0.1) is 0 Å². The van der Waals surface area contributed by atoms with Gasteiger partial charge in [-0.1, -0.05) is 0 Å². The van der Waals surface area contributed by atoms with Crippen LogP contribution >= 0.6 is 0 Å². The zero-order chi connectivity index (χ0) is 16.0. The van der Waals surface area contributed by atoms with Gasteiger partial charge >= 0.3 is 0 Å². The van der Waals surface area contributed by atoms with Crippen molar-refractivity contribution in [1.82, 2.24) is 4.90 Å². The van der Waals surface area contributed by atoms with Crippen molar-refractivity contribution in [3.8, 4) is 5.75 Å². The molecule has 1 aromatic carbocycles. The number of non-ortho nitro benzene ring substituents is 1. The monoisotopic (exact) mass is 294 g/mol. The fourth-order valence-electron chi connectivity index (χ4n) is 2.64. The van der Waals surface area contributed by atoms with Crippen molar-refractivity contribution >= 4 is 5.69 Å². The topological polar surface area (TPSA) is 55.6 Å². The fraction of sp³-hybridized carbons (Fsp3) is 0.625. The number of benzene rings is 1. The van der Waals surface area contributed by atoms with Gasteiger partial charge in [-0.2, -0.15) is 0 Å². The molecule has 0 bridgehead atoms. The summed E-state index contributed by atoms with van der Waals surface area (Å²) in [7, 11) is 1.60. The molecule has 0 heterocycles. The molecule has 0 fully saturated rings. The molecule has 5 nitrogen and oxygen atoms in total. The first-order chi connectivity index (χ1) is 9.86. The van der Waals surface area contributed by atoms with Crippen LogP contribution in [0.25, 0.3) is 0 Å². The third kappa shape index (κ3) is 5.01. The highest BCUT2D eigenvalue weighted by Crippen LogP contribution is 2.25. The van der Waals surface area contributed by atoms with Crippen molar-refractivity contribution in [1.29, 1.82) is 0 Å². The predicted octanol–water partition coefficient (Wildman–Crippen LogP) is 3.65. The molecule has 118 valence electrons. The second-order valence-electron chi connectivity index (χ2n) is 5.78. The predicted molar refractivity (Wildman–Crippen MR) is 84.9 cm³/mol. The Labute approximate surface area is 127 Å². The number of methoxy groups -OCH3 is 1. The van der Waals surface area contributed by atoms with Crippen molar-refractivity contribution in [2.45, 2.75) is 52.6 Å². The van der Waals surface area contributed by atoms with E-state index in [9.17, 15) is 10.1 Å². The molecule has 0 N–H and O–H groups in total. The second-order valence-corrected chi connectivity index (χ2v) is 5.78. The Bertz CT molecular complexity index is 465. The van der Waals surface area contributed by atoms with E-state index in [1.54, 1.807) is 19.2 Å². The van der Waals surface area contributed by atoms with Gasteiger partial charge in [0.25, 0.3) is 5.69 Å². The van der Waals surface area contributed by atoms with Crippen LogP contribution in [0.3, 0.4) is 0 Å². The summed E-state index contributed by atoms with van der Waals surface area (Å²) in [6.45, 7) is 9.73. The van der Waals surface area contributed by atoms with E-state index in [0.717, 1.165) is 30.7 Å². The molecule has 1 rings (SSSR count). The smallest absolute Gasteiger partial charge is 0.269 e. The molecule has 0 atom stereocenters. The van der Waals surface area contributed by atoms with E-state index in [4.69, 9.17) is 4.74 Å². The van der Waals surface area contributed by atoms with Gasteiger partial charge in [0, 0.05) is 29.8 Å². The first kappa shape index (κ1) is 17.4. The number of nitro benzene ring substituents is 1. The minimum absolute atomic E-state index is 0.121. The molecule has 0 unspecified atom stereocenters. The van der Waals surface area contributed by atoms with Gasteiger partial charge in [-0.05, 0) is 53.1 Å². The van der Waals surface area contributed by atoms with Crippen molar-refractivity contribution in [2.24, 2.45) is 0 Å². The summed E-state index contributed by atoms with van der Waals surface area (Å²) in [6.07, 6.45) is 1.73. The van der Waals surface area contributed by atoms with Crippen molar-refractivity contribution in [3.05, 3.63) is 33.9 Å². The molecular formula is C16H26N2O3. The molecule has 5 heteroatoms. The van der Waals surface area contributed by atoms with Crippen LogP contribution in [-0.2, 0) is 6.42 Å². The number of ether oxygens (including phenoxy) is 1. The maximum atomic E-state index is 10.9. The maximum absolute atomic E-state index is 10.9. The SMILES string of the molecule is COc1ccc([N+](=O)[O-])cc1CCCN(C(C)C)C(C)C. The highest BCUT2D eigenvalue weighted by molar-refractivity contribution is 5.43. The van der Waals surface area contributed by atoms with Crippen LogP contribution in [0.5, 0.6) is 5.75 Å². The molecule has 0 aliphatic heterocycles. The van der Waals surface area contributed by atoms with Crippen LogP contribution in [0.2, 0.25) is 0 Å². The Morgan fingerprint density at radius 1 is 1.24 bits per heavy atom. The highest BCUT2D eigenvalue weighted by Gasteiger charge is 2.15. The molecular weight excluding hydrogens is 268 g/mol. The van der Waals surface area contributed by atoms with Crippen LogP contribution in [0, 0.1) is 10.1 Å². The third-order valence-electron chi connectivity index (χ3n) is 3.66. The van der Waals surface area contributed by atoms with Crippen LogP contribution in [0.15, 0.2) is 18.2 Å². The van der Waals surface area contributed by atoms with Crippen LogP contribution in [0.4, 0.5) is 5.69 Å². The Hall–Kier alpha value is -1.62. The van der Waals surface area contributed by atoms with Crippen LogP contribution in [0.1, 0.15) is 39.7 Å². The molecule has 0 aliphatic rings. The molecule has 0 radical (unpaired) electrons. The number of nitrogens with zero attached hydrogens (tertiary/aromatic N) is 2. The average molecular weight is 294 g/mol. The first-order valence-corrected chi connectivity index (χ1v) is 7.43. The lowest BCUT2D eigenvalue weighted by Gasteiger charge is -2.30. The molecule has 0 spiro atoms. The summed E-state index contributed by atoms with van der Waals surface area (Å²) >= 11 is 0. The number of nitro groups is 1. The molecule has 0 saturated heterocycles. The number of rotatable bonds is 8. The van der Waals surface area contributed by atoms with Crippen LogP contribution in [-0.4, -0.2) is 35.6 Å². The van der Waals surface area contributed by atoms with E-state index in [2.05, 4.69) is 32.6 Å². The Morgan fingerprint density at radius 3 is 2.33 bits per heavy atom. The highest BCUT2D eigenvalue weighted by atomic mass is 16.6. The van der Waals surface area contributed by atoms with Gasteiger partial charge in [0.1, 0.15) is 5.75 Å². The van der Waals surface area contributed by atoms with Crippen LogP contribution < -0.4 is 4.74 Å². The lowest BCUT2D eigenvalue weighted by molar-refractivity contribution is -0.384. The summed E-state index contributed by atoms with van der Waals surface area (Å²) in [5.74, 6) is 0.723. The zero-order valence-electron chi connectivity index (χ0n) is 13.6. The molecule has 0 aromatic heterocycles. The maximum Gasteiger partial charge on any atom is 0.269 e. The van der Waals surface area contributed by atoms with Gasteiger partial charge in [0.05, 0.1) is 12.0 Å². The van der Waals surface area contributed by atoms with Gasteiger partial charge in [0.2, 0.25) is 0 Å². The van der Waals surface area contributed by atoms with E-state index < -0.39 is 0 Å². The zero-order valence-corrected chi connectivity index (χ0v) is 13.6. The molecule has 1 aromatic rings. The Balaban J connectivity index is 2.73. The van der Waals surface area contributed by atoms with Crippen molar-refractivity contribution in [3.63, 3.8) is 0 Å². The molecule has 0 saturated carbocycles. The third-order valence-corrected chi connectivity index (χ3v) is 3.66. The van der Waals surface area contributed by atoms with Gasteiger partial charge in [-0.25, -0.2) is 0 Å². The summed E-state index contributed by atoms with van der Waals surface area (Å²) in [6, 6.07) is 5.77. The summed E-state index contributed by atoms with van der Waals surface area (Å²) in [5, 5.41) is 10.9. The van der Waals surface area contributed by atoms with E-state index in [0.29, 0.717) is 12.1 Å². The van der Waals surface area contributed by atoms with Crippen molar-refractivity contribution in [2.75, 3.05) is 13.7 Å². The lowest BCUT2D eigenvalue weighted by atomic mass is 10.1. The first-order valence-electron chi connectivity index (χ1n) is 7.43. The summed E-state index contributed by atoms with van der Waals surface area (Å²) in [4.78, 5) is 12.9. The van der Waals surface area contributed by atoms with E-state index >= 15 is 0 Å². The summed E-state index contributed by atoms with van der Waals surface area (Å²) in [5.41, 5.74) is 1.02. The van der Waals surface area contributed by atoms with Gasteiger partial charge in [-0.3, -0.25) is 15.0 Å². The largest absolute Gasteiger partial charge is 0.496 e. The number of aryl methyl sites for hydroxylation is 1. The normalized spacial score (nSPS) is 11.4. The quantitative estimate of drug-likeness (QED) is 0.542. The summed E-state index contributed by atoms with van der Waals surface area (Å²) < 4.78 is 5.30. The van der Waals surface area contributed by atoms with E-state index in [1.807, 2.05) is 0 Å². The average Bonchev–Trinajstić information content (AvgIpc) is 2.42. The molecule has 0 amide bonds. The standard InChI is InChI=1S/C16H26N2O3/c1-12(2)17(13(3)4)10-6-7-14-11-15(18(19)20)8-9-16(14)21-5/h8-9,11-13H,6-7,10H2,1-5H3. The van der Waals surface area contributed by atoms with Gasteiger partial charge < -0.3 is 4.74 Å². The van der Waals surface area contributed by atoms with Gasteiger partial charge in [0.15, 0.2) is 0 Å². The Morgan fingerprint density at radius 2 is 1.86 bits per heavy atom. The molecule has 0 aliphatic carbocycles. The molecule has 21 heavy (non-hydrogen) atoms. The van der Waals surface area contributed by atoms with E-state index in [1.165, 1.54) is 6.07 Å². The minimum Gasteiger partial charge on any atom is -0.496 e. The number of hydrogen-bond donors (Lipinski definition) is 0. The van der Waals surface area contributed by atoms with Crippen molar-refractivity contribution < 1.29 is 9.66 Å². The van der Waals surface area contributed by atoms with E-state index in [-0.39, 0.29) is 10.6 Å².